The minimum atomic E-state index is -1.40. The maximum absolute atomic E-state index is 11.7. The normalized spacial score (nSPS) is 34.6. The molecule has 0 radical (unpaired) electrons. The van der Waals surface area contributed by atoms with Crippen LogP contribution >= 0.6 is 23.2 Å². The lowest BCUT2D eigenvalue weighted by molar-refractivity contribution is -0.114. The average molecular weight is 310 g/mol. The van der Waals surface area contributed by atoms with Crippen LogP contribution in [0.1, 0.15) is 6.23 Å². The molecule has 1 aromatic rings. The summed E-state index contributed by atoms with van der Waals surface area (Å²) in [6, 6.07) is 1.40. The van der Waals surface area contributed by atoms with E-state index in [0.29, 0.717) is 0 Å². The standard InChI is InChI=1S/C10H13Cl2N3O4/c11-3-10(4-16)7(17)6(12)8(19-10)15-2-1-5(13)14-9(15)18/h1-2,6-8,16-17H,3-4H2,(H2,13,14,18)/t6-,7-,8+,10+/m0/s1. The van der Waals surface area contributed by atoms with Gasteiger partial charge >= 0.3 is 5.69 Å². The predicted octanol–water partition coefficient (Wildman–Crippen LogP) is -0.708. The molecule has 2 heterocycles. The highest BCUT2D eigenvalue weighted by molar-refractivity contribution is 6.22. The van der Waals surface area contributed by atoms with Crippen LogP contribution in [0.25, 0.3) is 0 Å². The molecule has 0 unspecified atom stereocenters. The third-order valence-electron chi connectivity index (χ3n) is 3.09. The number of anilines is 1. The molecule has 0 bridgehead atoms. The van der Waals surface area contributed by atoms with E-state index >= 15 is 0 Å². The van der Waals surface area contributed by atoms with E-state index in [2.05, 4.69) is 4.98 Å². The van der Waals surface area contributed by atoms with Gasteiger partial charge in [0.1, 0.15) is 22.9 Å². The van der Waals surface area contributed by atoms with Gasteiger partial charge in [-0.3, -0.25) is 4.57 Å². The van der Waals surface area contributed by atoms with Gasteiger partial charge in [-0.25, -0.2) is 4.79 Å². The lowest BCUT2D eigenvalue weighted by Gasteiger charge is -2.27. The van der Waals surface area contributed by atoms with Crippen LogP contribution in [0, 0.1) is 0 Å². The Bertz CT molecular complexity index is 520. The minimum Gasteiger partial charge on any atom is -0.393 e. The van der Waals surface area contributed by atoms with E-state index in [1.54, 1.807) is 0 Å². The Hall–Kier alpha value is -0.860. The molecule has 9 heteroatoms. The molecule has 0 spiro atoms. The van der Waals surface area contributed by atoms with Crippen molar-refractivity contribution in [3.63, 3.8) is 0 Å². The Morgan fingerprint density at radius 3 is 2.79 bits per heavy atom. The van der Waals surface area contributed by atoms with Gasteiger partial charge in [0.15, 0.2) is 6.23 Å². The molecule has 0 aliphatic carbocycles. The largest absolute Gasteiger partial charge is 0.393 e. The van der Waals surface area contributed by atoms with Crippen LogP contribution in [0.4, 0.5) is 5.82 Å². The van der Waals surface area contributed by atoms with Gasteiger partial charge in [-0.15, -0.1) is 23.2 Å². The average Bonchev–Trinajstić information content (AvgIpc) is 2.64. The summed E-state index contributed by atoms with van der Waals surface area (Å²) in [5.74, 6) is -0.0988. The Kier molecular flexibility index (Phi) is 4.03. The third kappa shape index (κ3) is 2.32. The lowest BCUT2D eigenvalue weighted by Crippen LogP contribution is -2.47. The SMILES string of the molecule is Nc1ccn([C@@H]2O[C@@](CO)(CCl)[C@@H](O)[C@@H]2Cl)c(=O)n1. The molecule has 1 saturated heterocycles. The summed E-state index contributed by atoms with van der Waals surface area (Å²) in [6.07, 6.45) is -0.839. The quantitative estimate of drug-likeness (QED) is 0.636. The molecular formula is C10H13Cl2N3O4. The van der Waals surface area contributed by atoms with Crippen molar-refractivity contribution in [3.05, 3.63) is 22.7 Å². The van der Waals surface area contributed by atoms with Crippen molar-refractivity contribution in [2.75, 3.05) is 18.2 Å². The number of hydrogen-bond donors (Lipinski definition) is 3. The van der Waals surface area contributed by atoms with Crippen LogP contribution in [-0.2, 0) is 4.74 Å². The number of halogens is 2. The number of hydrogen-bond acceptors (Lipinski definition) is 6. The number of alkyl halides is 2. The molecule has 0 amide bonds. The molecule has 1 aliphatic rings. The molecule has 1 aliphatic heterocycles. The third-order valence-corrected chi connectivity index (χ3v) is 3.99. The summed E-state index contributed by atoms with van der Waals surface area (Å²) in [6.45, 7) is -0.519. The summed E-state index contributed by atoms with van der Waals surface area (Å²) >= 11 is 11.8. The monoisotopic (exact) mass is 309 g/mol. The highest BCUT2D eigenvalue weighted by Gasteiger charge is 2.54. The second-order valence-electron chi connectivity index (χ2n) is 4.30. The second-order valence-corrected chi connectivity index (χ2v) is 5.07. The Morgan fingerprint density at radius 1 is 1.63 bits per heavy atom. The van der Waals surface area contributed by atoms with E-state index in [-0.39, 0.29) is 11.7 Å². The Labute approximate surface area is 118 Å². The van der Waals surface area contributed by atoms with Gasteiger partial charge in [0.25, 0.3) is 0 Å². The maximum Gasteiger partial charge on any atom is 0.351 e. The summed E-state index contributed by atoms with van der Waals surface area (Å²) in [4.78, 5) is 15.3. The zero-order chi connectivity index (χ0) is 14.2. The Morgan fingerprint density at radius 2 is 2.32 bits per heavy atom. The molecule has 4 atom stereocenters. The topological polar surface area (TPSA) is 111 Å². The number of aromatic nitrogens is 2. The molecule has 4 N–H and O–H groups in total. The van der Waals surface area contributed by atoms with Crippen molar-refractivity contribution in [1.82, 2.24) is 9.55 Å². The van der Waals surface area contributed by atoms with Crippen LogP contribution in [0.15, 0.2) is 17.1 Å². The molecular weight excluding hydrogens is 297 g/mol. The molecule has 0 saturated carbocycles. The molecule has 0 aromatic carbocycles. The molecule has 1 aromatic heterocycles. The zero-order valence-corrected chi connectivity index (χ0v) is 11.3. The smallest absolute Gasteiger partial charge is 0.351 e. The van der Waals surface area contributed by atoms with Crippen molar-refractivity contribution in [1.29, 1.82) is 0 Å². The van der Waals surface area contributed by atoms with Gasteiger partial charge in [-0.2, -0.15) is 4.98 Å². The van der Waals surface area contributed by atoms with Crippen molar-refractivity contribution in [2.45, 2.75) is 23.3 Å². The van der Waals surface area contributed by atoms with Crippen molar-refractivity contribution in [2.24, 2.45) is 0 Å². The number of ether oxygens (including phenoxy) is 1. The maximum atomic E-state index is 11.7. The molecule has 7 nitrogen and oxygen atoms in total. The number of aliphatic hydroxyl groups excluding tert-OH is 2. The van der Waals surface area contributed by atoms with Crippen LogP contribution in [0.2, 0.25) is 0 Å². The number of nitrogen functional groups attached to an aromatic ring is 1. The highest BCUT2D eigenvalue weighted by Crippen LogP contribution is 2.40. The van der Waals surface area contributed by atoms with E-state index in [4.69, 9.17) is 33.7 Å². The summed E-state index contributed by atoms with van der Waals surface area (Å²) < 4.78 is 6.60. The van der Waals surface area contributed by atoms with Gasteiger partial charge in [0, 0.05) is 6.20 Å². The van der Waals surface area contributed by atoms with Gasteiger partial charge < -0.3 is 20.7 Å². The minimum absolute atomic E-state index is 0.0664. The van der Waals surface area contributed by atoms with E-state index in [1.807, 2.05) is 0 Å². The predicted molar refractivity (Wildman–Crippen MR) is 69.2 cm³/mol. The van der Waals surface area contributed by atoms with Crippen molar-refractivity contribution < 1.29 is 14.9 Å². The van der Waals surface area contributed by atoms with Gasteiger partial charge in [-0.05, 0) is 6.07 Å². The van der Waals surface area contributed by atoms with Crippen LogP contribution in [0.5, 0.6) is 0 Å². The van der Waals surface area contributed by atoms with E-state index in [0.717, 1.165) is 4.57 Å². The van der Waals surface area contributed by atoms with Gasteiger partial charge in [0.05, 0.1) is 12.5 Å². The number of aliphatic hydroxyl groups is 2. The summed E-state index contributed by atoms with van der Waals surface area (Å²) in [7, 11) is 0. The van der Waals surface area contributed by atoms with E-state index < -0.39 is 35.6 Å². The van der Waals surface area contributed by atoms with E-state index in [9.17, 15) is 15.0 Å². The van der Waals surface area contributed by atoms with Gasteiger partial charge in [-0.1, -0.05) is 0 Å². The number of nitrogens with zero attached hydrogens (tertiary/aromatic N) is 2. The van der Waals surface area contributed by atoms with Crippen LogP contribution in [-0.4, -0.2) is 49.3 Å². The first kappa shape index (κ1) is 14.5. The molecule has 2 rings (SSSR count). The van der Waals surface area contributed by atoms with Gasteiger partial charge in [0.2, 0.25) is 0 Å². The summed E-state index contributed by atoms with van der Waals surface area (Å²) in [5.41, 5.74) is 3.32. The molecule has 106 valence electrons. The van der Waals surface area contributed by atoms with Crippen molar-refractivity contribution in [3.8, 4) is 0 Å². The first-order valence-corrected chi connectivity index (χ1v) is 6.44. The molecule has 19 heavy (non-hydrogen) atoms. The second kappa shape index (κ2) is 5.26. The lowest BCUT2D eigenvalue weighted by atomic mass is 10.00. The number of nitrogens with two attached hydrogens (primary N) is 1. The van der Waals surface area contributed by atoms with Crippen LogP contribution < -0.4 is 11.4 Å². The number of rotatable bonds is 3. The fourth-order valence-corrected chi connectivity index (χ4v) is 2.64. The van der Waals surface area contributed by atoms with E-state index in [1.165, 1.54) is 12.3 Å². The fourth-order valence-electron chi connectivity index (χ4n) is 1.93. The first-order chi connectivity index (χ1) is 8.95. The Balaban J connectivity index is 2.39. The van der Waals surface area contributed by atoms with Crippen molar-refractivity contribution >= 4 is 29.0 Å². The van der Waals surface area contributed by atoms with Crippen LogP contribution in [0.3, 0.4) is 0 Å². The summed E-state index contributed by atoms with van der Waals surface area (Å²) in [5, 5.41) is 18.4. The zero-order valence-electron chi connectivity index (χ0n) is 9.74. The first-order valence-electron chi connectivity index (χ1n) is 5.46. The fraction of sp³-hybridized carbons (Fsp3) is 0.600. The highest BCUT2D eigenvalue weighted by atomic mass is 35.5. The molecule has 1 fully saturated rings.